The standard InChI is InChI=1S/C23H29N3O3/c1-16-11-17(2)13-20(12-16)29-10-8-22(27)25-19-6-3-5-18(14-19)15-26-9-4-7-21(26)23(24)28/h3,5-6,11-14,21H,4,7-10,15H2,1-2H3,(H2,24,28)(H,25,27). The smallest absolute Gasteiger partial charge is 0.234 e. The van der Waals surface area contributed by atoms with Crippen molar-refractivity contribution in [1.29, 1.82) is 0 Å². The molecule has 3 N–H and O–H groups in total. The largest absolute Gasteiger partial charge is 0.493 e. The summed E-state index contributed by atoms with van der Waals surface area (Å²) < 4.78 is 5.71. The van der Waals surface area contributed by atoms with Crippen LogP contribution in [-0.2, 0) is 16.1 Å². The molecule has 1 aliphatic rings. The van der Waals surface area contributed by atoms with Crippen LogP contribution in [0.15, 0.2) is 42.5 Å². The zero-order chi connectivity index (χ0) is 20.8. The van der Waals surface area contributed by atoms with Crippen molar-refractivity contribution in [2.75, 3.05) is 18.5 Å². The number of ether oxygens (including phenoxy) is 1. The molecule has 1 saturated heterocycles. The Balaban J connectivity index is 1.50. The van der Waals surface area contributed by atoms with Crippen molar-refractivity contribution < 1.29 is 14.3 Å². The van der Waals surface area contributed by atoms with Crippen LogP contribution in [0.2, 0.25) is 0 Å². The lowest BCUT2D eigenvalue weighted by atomic mass is 10.1. The highest BCUT2D eigenvalue weighted by molar-refractivity contribution is 5.90. The number of carbonyl (C=O) groups is 2. The highest BCUT2D eigenvalue weighted by Crippen LogP contribution is 2.21. The molecule has 1 aliphatic heterocycles. The van der Waals surface area contributed by atoms with E-state index in [1.54, 1.807) is 0 Å². The molecule has 0 spiro atoms. The SMILES string of the molecule is Cc1cc(C)cc(OCCC(=O)Nc2cccc(CN3CCCC3C(N)=O)c2)c1. The number of nitrogens with two attached hydrogens (primary N) is 1. The Morgan fingerprint density at radius 3 is 2.66 bits per heavy atom. The van der Waals surface area contributed by atoms with Gasteiger partial charge in [-0.05, 0) is 74.2 Å². The Hall–Kier alpha value is -2.86. The van der Waals surface area contributed by atoms with Crippen molar-refractivity contribution in [3.05, 3.63) is 59.2 Å². The van der Waals surface area contributed by atoms with Crippen LogP contribution in [0.5, 0.6) is 5.75 Å². The minimum Gasteiger partial charge on any atom is -0.493 e. The summed E-state index contributed by atoms with van der Waals surface area (Å²) in [6, 6.07) is 13.5. The number of likely N-dealkylation sites (tertiary alicyclic amines) is 1. The third kappa shape index (κ3) is 6.06. The average Bonchev–Trinajstić information content (AvgIpc) is 3.09. The van der Waals surface area contributed by atoms with Gasteiger partial charge in [0.25, 0.3) is 0 Å². The summed E-state index contributed by atoms with van der Waals surface area (Å²) in [4.78, 5) is 25.9. The number of hydrogen-bond acceptors (Lipinski definition) is 4. The van der Waals surface area contributed by atoms with Gasteiger partial charge in [0.05, 0.1) is 19.1 Å². The van der Waals surface area contributed by atoms with Crippen LogP contribution >= 0.6 is 0 Å². The molecule has 1 heterocycles. The first-order chi connectivity index (χ1) is 13.9. The van der Waals surface area contributed by atoms with Crippen molar-refractivity contribution in [1.82, 2.24) is 4.90 Å². The fourth-order valence-corrected chi connectivity index (χ4v) is 3.82. The second kappa shape index (κ2) is 9.56. The first-order valence-electron chi connectivity index (χ1n) is 10.0. The molecule has 29 heavy (non-hydrogen) atoms. The topological polar surface area (TPSA) is 84.7 Å². The Kier molecular flexibility index (Phi) is 6.88. The molecule has 1 atom stereocenters. The van der Waals surface area contributed by atoms with E-state index in [1.165, 1.54) is 0 Å². The second-order valence-corrected chi connectivity index (χ2v) is 7.70. The van der Waals surface area contributed by atoms with Gasteiger partial charge in [-0.25, -0.2) is 0 Å². The predicted molar refractivity (Wildman–Crippen MR) is 114 cm³/mol. The number of hydrogen-bond donors (Lipinski definition) is 2. The zero-order valence-electron chi connectivity index (χ0n) is 17.1. The van der Waals surface area contributed by atoms with E-state index in [4.69, 9.17) is 10.5 Å². The van der Waals surface area contributed by atoms with Crippen LogP contribution in [-0.4, -0.2) is 35.9 Å². The van der Waals surface area contributed by atoms with Gasteiger partial charge in [0, 0.05) is 12.2 Å². The van der Waals surface area contributed by atoms with Crippen LogP contribution in [0, 0.1) is 13.8 Å². The molecule has 6 nitrogen and oxygen atoms in total. The fraction of sp³-hybridized carbons (Fsp3) is 0.391. The summed E-state index contributed by atoms with van der Waals surface area (Å²) in [5, 5.41) is 2.92. The molecule has 1 fully saturated rings. The zero-order valence-corrected chi connectivity index (χ0v) is 17.1. The van der Waals surface area contributed by atoms with E-state index < -0.39 is 0 Å². The van der Waals surface area contributed by atoms with E-state index >= 15 is 0 Å². The van der Waals surface area contributed by atoms with Gasteiger partial charge in [0.1, 0.15) is 5.75 Å². The molecule has 2 aromatic carbocycles. The molecule has 6 heteroatoms. The molecule has 0 aliphatic carbocycles. The summed E-state index contributed by atoms with van der Waals surface area (Å²) in [6.45, 7) is 5.87. The number of nitrogens with one attached hydrogen (secondary N) is 1. The quantitative estimate of drug-likeness (QED) is 0.719. The number of anilines is 1. The number of aryl methyl sites for hydroxylation is 2. The molecule has 154 valence electrons. The average molecular weight is 396 g/mol. The third-order valence-electron chi connectivity index (χ3n) is 5.08. The van der Waals surface area contributed by atoms with Crippen LogP contribution in [0.25, 0.3) is 0 Å². The van der Waals surface area contributed by atoms with Crippen LogP contribution in [0.1, 0.15) is 36.0 Å². The normalized spacial score (nSPS) is 16.6. The lowest BCUT2D eigenvalue weighted by Gasteiger charge is -2.22. The van der Waals surface area contributed by atoms with Crippen LogP contribution in [0.3, 0.4) is 0 Å². The van der Waals surface area contributed by atoms with Crippen molar-refractivity contribution in [2.45, 2.75) is 45.7 Å². The summed E-state index contributed by atoms with van der Waals surface area (Å²) in [6.07, 6.45) is 2.06. The number of primary amides is 1. The molecule has 0 saturated carbocycles. The van der Waals surface area contributed by atoms with Gasteiger partial charge < -0.3 is 15.8 Å². The molecule has 0 aromatic heterocycles. The summed E-state index contributed by atoms with van der Waals surface area (Å²) >= 11 is 0. The van der Waals surface area contributed by atoms with Gasteiger partial charge in [-0.15, -0.1) is 0 Å². The monoisotopic (exact) mass is 395 g/mol. The van der Waals surface area contributed by atoms with Gasteiger partial charge in [-0.2, -0.15) is 0 Å². The van der Waals surface area contributed by atoms with Gasteiger partial charge >= 0.3 is 0 Å². The highest BCUT2D eigenvalue weighted by Gasteiger charge is 2.28. The Labute approximate surface area is 172 Å². The van der Waals surface area contributed by atoms with E-state index in [9.17, 15) is 9.59 Å². The molecule has 1 unspecified atom stereocenters. The minimum absolute atomic E-state index is 0.0947. The number of carbonyl (C=O) groups excluding carboxylic acids is 2. The minimum atomic E-state index is -0.268. The van der Waals surface area contributed by atoms with E-state index in [0.29, 0.717) is 13.2 Å². The first kappa shape index (κ1) is 20.9. The molecule has 2 aromatic rings. The maximum atomic E-state index is 12.3. The fourth-order valence-electron chi connectivity index (χ4n) is 3.82. The summed E-state index contributed by atoms with van der Waals surface area (Å²) in [5.41, 5.74) is 9.55. The number of rotatable bonds is 8. The summed E-state index contributed by atoms with van der Waals surface area (Å²) in [7, 11) is 0. The maximum absolute atomic E-state index is 12.3. The lowest BCUT2D eigenvalue weighted by molar-refractivity contribution is -0.122. The number of amides is 2. The van der Waals surface area contributed by atoms with Crippen molar-refractivity contribution in [3.63, 3.8) is 0 Å². The number of nitrogens with zero attached hydrogens (tertiary/aromatic N) is 1. The Morgan fingerprint density at radius 2 is 1.93 bits per heavy atom. The summed E-state index contributed by atoms with van der Waals surface area (Å²) in [5.74, 6) is 0.422. The molecule has 3 rings (SSSR count). The van der Waals surface area contributed by atoms with E-state index in [2.05, 4.69) is 16.3 Å². The Bertz CT molecular complexity index is 861. The van der Waals surface area contributed by atoms with Gasteiger partial charge in [-0.3, -0.25) is 14.5 Å². The third-order valence-corrected chi connectivity index (χ3v) is 5.08. The van der Waals surface area contributed by atoms with Crippen LogP contribution < -0.4 is 15.8 Å². The maximum Gasteiger partial charge on any atom is 0.234 e. The molecule has 0 bridgehead atoms. The van der Waals surface area contributed by atoms with E-state index in [0.717, 1.165) is 47.5 Å². The molecular weight excluding hydrogens is 366 g/mol. The van der Waals surface area contributed by atoms with Gasteiger partial charge in [0.2, 0.25) is 11.8 Å². The van der Waals surface area contributed by atoms with Crippen molar-refractivity contribution in [2.24, 2.45) is 5.73 Å². The van der Waals surface area contributed by atoms with Crippen LogP contribution in [0.4, 0.5) is 5.69 Å². The first-order valence-corrected chi connectivity index (χ1v) is 10.0. The second-order valence-electron chi connectivity index (χ2n) is 7.70. The molecule has 0 radical (unpaired) electrons. The molecular formula is C23H29N3O3. The molecule has 2 amide bonds. The highest BCUT2D eigenvalue weighted by atomic mass is 16.5. The Morgan fingerprint density at radius 1 is 1.17 bits per heavy atom. The van der Waals surface area contributed by atoms with E-state index in [1.807, 2.05) is 50.2 Å². The predicted octanol–water partition coefficient (Wildman–Crippen LogP) is 3.16. The van der Waals surface area contributed by atoms with Gasteiger partial charge in [0.15, 0.2) is 0 Å². The van der Waals surface area contributed by atoms with E-state index in [-0.39, 0.29) is 24.3 Å². The van der Waals surface area contributed by atoms with Crippen molar-refractivity contribution >= 4 is 17.5 Å². The number of benzene rings is 2. The van der Waals surface area contributed by atoms with Gasteiger partial charge in [-0.1, -0.05) is 18.2 Å². The van der Waals surface area contributed by atoms with Crippen molar-refractivity contribution in [3.8, 4) is 5.75 Å². The lowest BCUT2D eigenvalue weighted by Crippen LogP contribution is -2.39.